The van der Waals surface area contributed by atoms with E-state index in [-0.39, 0.29) is 6.10 Å². The standard InChI is InChI=1S/C14H18N4O2S/c1-2-11(19-6-1)14-16-12(17-20-14)8-18(10-3-4-10)9-13-15-5-7-21-13/h5,7,10-11H,1-4,6,8-9H2. The van der Waals surface area contributed by atoms with Gasteiger partial charge < -0.3 is 9.26 Å². The summed E-state index contributed by atoms with van der Waals surface area (Å²) in [7, 11) is 0. The Morgan fingerprint density at radius 2 is 2.24 bits per heavy atom. The van der Waals surface area contributed by atoms with Crippen LogP contribution in [-0.2, 0) is 17.8 Å². The summed E-state index contributed by atoms with van der Waals surface area (Å²) in [4.78, 5) is 11.3. The first-order valence-electron chi connectivity index (χ1n) is 7.45. The monoisotopic (exact) mass is 306 g/mol. The fraction of sp³-hybridized carbons (Fsp3) is 0.643. The fourth-order valence-corrected chi connectivity index (χ4v) is 3.32. The summed E-state index contributed by atoms with van der Waals surface area (Å²) in [6, 6.07) is 0.638. The molecule has 1 aliphatic carbocycles. The van der Waals surface area contributed by atoms with E-state index in [0.717, 1.165) is 43.4 Å². The molecule has 0 amide bonds. The Morgan fingerprint density at radius 1 is 1.29 bits per heavy atom. The van der Waals surface area contributed by atoms with E-state index in [9.17, 15) is 0 Å². The predicted molar refractivity (Wildman–Crippen MR) is 76.6 cm³/mol. The summed E-state index contributed by atoms with van der Waals surface area (Å²) in [6.07, 6.45) is 6.41. The fourth-order valence-electron chi connectivity index (χ4n) is 2.68. The number of aromatic nitrogens is 3. The van der Waals surface area contributed by atoms with Crippen LogP contribution in [0.15, 0.2) is 16.1 Å². The van der Waals surface area contributed by atoms with Crippen LogP contribution in [0.5, 0.6) is 0 Å². The second kappa shape index (κ2) is 5.82. The highest BCUT2D eigenvalue weighted by Gasteiger charge is 2.31. The molecular weight excluding hydrogens is 288 g/mol. The molecule has 7 heteroatoms. The molecule has 0 radical (unpaired) electrons. The molecule has 0 N–H and O–H groups in total. The minimum atomic E-state index is -0.000382. The molecule has 0 bridgehead atoms. The Labute approximate surface area is 127 Å². The van der Waals surface area contributed by atoms with Gasteiger partial charge in [0.2, 0.25) is 0 Å². The van der Waals surface area contributed by atoms with Gasteiger partial charge in [-0.2, -0.15) is 4.98 Å². The van der Waals surface area contributed by atoms with Crippen molar-refractivity contribution in [1.29, 1.82) is 0 Å². The van der Waals surface area contributed by atoms with Crippen LogP contribution in [-0.4, -0.2) is 32.7 Å². The Hall–Kier alpha value is -1.31. The van der Waals surface area contributed by atoms with Crippen LogP contribution in [0.3, 0.4) is 0 Å². The van der Waals surface area contributed by atoms with Crippen molar-refractivity contribution < 1.29 is 9.26 Å². The Bertz CT molecular complexity index is 576. The first kappa shape index (κ1) is 13.4. The Balaban J connectivity index is 1.43. The Kier molecular flexibility index (Phi) is 3.71. The molecule has 2 fully saturated rings. The van der Waals surface area contributed by atoms with Crippen LogP contribution in [0.25, 0.3) is 0 Å². The molecule has 112 valence electrons. The zero-order chi connectivity index (χ0) is 14.1. The zero-order valence-electron chi connectivity index (χ0n) is 11.8. The number of thiazole rings is 1. The third-order valence-corrected chi connectivity index (χ3v) is 4.68. The topological polar surface area (TPSA) is 64.3 Å². The van der Waals surface area contributed by atoms with Gasteiger partial charge in [0.05, 0.1) is 13.1 Å². The highest BCUT2D eigenvalue weighted by molar-refractivity contribution is 7.09. The van der Waals surface area contributed by atoms with Gasteiger partial charge in [0.25, 0.3) is 5.89 Å². The molecular formula is C14H18N4O2S. The first-order valence-corrected chi connectivity index (χ1v) is 8.33. The summed E-state index contributed by atoms with van der Waals surface area (Å²) < 4.78 is 10.9. The lowest BCUT2D eigenvalue weighted by atomic mass is 10.2. The molecule has 1 unspecified atom stereocenters. The number of nitrogens with zero attached hydrogens (tertiary/aromatic N) is 4. The average Bonchev–Trinajstić information content (AvgIpc) is 2.93. The van der Waals surface area contributed by atoms with E-state index in [1.807, 2.05) is 11.6 Å². The molecule has 0 spiro atoms. The van der Waals surface area contributed by atoms with Gasteiger partial charge in [-0.25, -0.2) is 4.98 Å². The van der Waals surface area contributed by atoms with Gasteiger partial charge >= 0.3 is 0 Å². The van der Waals surface area contributed by atoms with Crippen molar-refractivity contribution in [1.82, 2.24) is 20.0 Å². The van der Waals surface area contributed by atoms with Crippen molar-refractivity contribution in [2.75, 3.05) is 6.61 Å². The molecule has 1 saturated carbocycles. The van der Waals surface area contributed by atoms with Crippen molar-refractivity contribution in [3.05, 3.63) is 28.3 Å². The van der Waals surface area contributed by atoms with Crippen LogP contribution in [0.4, 0.5) is 0 Å². The summed E-state index contributed by atoms with van der Waals surface area (Å²) in [5, 5.41) is 7.28. The van der Waals surface area contributed by atoms with Crippen LogP contribution in [0.1, 0.15) is 48.5 Å². The van der Waals surface area contributed by atoms with Crippen LogP contribution in [0.2, 0.25) is 0 Å². The summed E-state index contributed by atoms with van der Waals surface area (Å²) in [5.74, 6) is 1.39. The Morgan fingerprint density at radius 3 is 2.95 bits per heavy atom. The smallest absolute Gasteiger partial charge is 0.255 e. The number of ether oxygens (including phenoxy) is 1. The maximum Gasteiger partial charge on any atom is 0.255 e. The van der Waals surface area contributed by atoms with E-state index < -0.39 is 0 Å². The van der Waals surface area contributed by atoms with Crippen molar-refractivity contribution in [3.8, 4) is 0 Å². The minimum Gasteiger partial charge on any atom is -0.368 e. The summed E-state index contributed by atoms with van der Waals surface area (Å²) in [6.45, 7) is 2.38. The van der Waals surface area contributed by atoms with Crippen LogP contribution < -0.4 is 0 Å². The van der Waals surface area contributed by atoms with Crippen molar-refractivity contribution in [2.24, 2.45) is 0 Å². The predicted octanol–water partition coefficient (Wildman–Crippen LogP) is 2.54. The number of hydrogen-bond acceptors (Lipinski definition) is 7. The summed E-state index contributed by atoms with van der Waals surface area (Å²) >= 11 is 1.70. The largest absolute Gasteiger partial charge is 0.368 e. The molecule has 2 aromatic heterocycles. The average molecular weight is 306 g/mol. The number of hydrogen-bond donors (Lipinski definition) is 0. The molecule has 4 rings (SSSR count). The maximum absolute atomic E-state index is 5.58. The van der Waals surface area contributed by atoms with E-state index in [1.54, 1.807) is 11.3 Å². The van der Waals surface area contributed by atoms with Crippen molar-refractivity contribution in [3.63, 3.8) is 0 Å². The van der Waals surface area contributed by atoms with E-state index in [0.29, 0.717) is 11.9 Å². The molecule has 1 atom stereocenters. The molecule has 1 saturated heterocycles. The van der Waals surface area contributed by atoms with Gasteiger partial charge in [0, 0.05) is 24.2 Å². The molecule has 3 heterocycles. The molecule has 2 aliphatic rings. The van der Waals surface area contributed by atoms with Crippen molar-refractivity contribution >= 4 is 11.3 Å². The highest BCUT2D eigenvalue weighted by Crippen LogP contribution is 2.31. The third-order valence-electron chi connectivity index (χ3n) is 3.92. The van der Waals surface area contributed by atoms with Crippen molar-refractivity contribution in [2.45, 2.75) is 50.9 Å². The van der Waals surface area contributed by atoms with Gasteiger partial charge in [0.15, 0.2) is 5.82 Å². The molecule has 0 aromatic carbocycles. The normalized spacial score (nSPS) is 22.2. The maximum atomic E-state index is 5.58. The highest BCUT2D eigenvalue weighted by atomic mass is 32.1. The SMILES string of the molecule is c1csc(CN(Cc2noc(C3CCCO3)n2)C2CC2)n1. The van der Waals surface area contributed by atoms with Crippen LogP contribution >= 0.6 is 11.3 Å². The lowest BCUT2D eigenvalue weighted by Gasteiger charge is -2.18. The molecule has 6 nitrogen and oxygen atoms in total. The third kappa shape index (κ3) is 3.14. The second-order valence-corrected chi connectivity index (χ2v) is 6.59. The molecule has 1 aliphatic heterocycles. The van der Waals surface area contributed by atoms with Gasteiger partial charge in [-0.1, -0.05) is 5.16 Å². The molecule has 2 aromatic rings. The van der Waals surface area contributed by atoms with Gasteiger partial charge in [-0.15, -0.1) is 11.3 Å². The first-order chi connectivity index (χ1) is 10.4. The number of rotatable bonds is 6. The summed E-state index contributed by atoms with van der Waals surface area (Å²) in [5.41, 5.74) is 0. The van der Waals surface area contributed by atoms with E-state index in [2.05, 4.69) is 20.0 Å². The van der Waals surface area contributed by atoms with Gasteiger partial charge in [0.1, 0.15) is 11.1 Å². The minimum absolute atomic E-state index is 0.000382. The van der Waals surface area contributed by atoms with Gasteiger partial charge in [-0.05, 0) is 25.7 Å². The lowest BCUT2D eigenvalue weighted by Crippen LogP contribution is -2.25. The van der Waals surface area contributed by atoms with E-state index >= 15 is 0 Å². The van der Waals surface area contributed by atoms with Crippen LogP contribution in [0, 0.1) is 0 Å². The second-order valence-electron chi connectivity index (χ2n) is 5.61. The zero-order valence-corrected chi connectivity index (χ0v) is 12.6. The van der Waals surface area contributed by atoms with E-state index in [4.69, 9.17) is 9.26 Å². The van der Waals surface area contributed by atoms with E-state index in [1.165, 1.54) is 12.8 Å². The van der Waals surface area contributed by atoms with Gasteiger partial charge in [-0.3, -0.25) is 4.90 Å². The quantitative estimate of drug-likeness (QED) is 0.817. The lowest BCUT2D eigenvalue weighted by molar-refractivity contribution is 0.0835. The molecule has 21 heavy (non-hydrogen) atoms.